The van der Waals surface area contributed by atoms with E-state index in [4.69, 9.17) is 9.47 Å². The molecule has 1 N–H and O–H groups in total. The van der Waals surface area contributed by atoms with Crippen LogP contribution in [0.1, 0.15) is 24.0 Å². The molecule has 8 nitrogen and oxygen atoms in total. The average molecular weight is 502 g/mol. The number of hydrogen-bond acceptors (Lipinski definition) is 6. The van der Waals surface area contributed by atoms with Crippen LogP contribution in [0.2, 0.25) is 0 Å². The Hall–Kier alpha value is -2.46. The molecule has 0 spiro atoms. The molecule has 2 aromatic carbocycles. The molecule has 2 aromatic rings. The van der Waals surface area contributed by atoms with Gasteiger partial charge < -0.3 is 14.8 Å². The first-order valence-corrected chi connectivity index (χ1v) is 13.7. The Morgan fingerprint density at radius 2 is 1.66 bits per heavy atom. The standard InChI is InChI=1S/C26H35N3O5S/c1-21-2-4-22(5-3-21)20-28-13-10-23(11-14-28)26(30)27-12-17-34-24-6-8-25(9-7-24)35(31,32)29-15-18-33-19-16-29/h2-9,23H,10-20H2,1H3,(H,27,30). The fraction of sp³-hybridized carbons (Fsp3) is 0.500. The van der Waals surface area contributed by atoms with Crippen molar-refractivity contribution in [2.45, 2.75) is 31.2 Å². The van der Waals surface area contributed by atoms with Crippen LogP contribution in [-0.2, 0) is 26.1 Å². The van der Waals surface area contributed by atoms with E-state index in [0.717, 1.165) is 32.5 Å². The first-order chi connectivity index (χ1) is 16.9. The van der Waals surface area contributed by atoms with E-state index in [1.807, 2.05) is 0 Å². The molecule has 0 aromatic heterocycles. The van der Waals surface area contributed by atoms with Gasteiger partial charge in [0.2, 0.25) is 15.9 Å². The number of aryl methyl sites for hydroxylation is 1. The number of piperidine rings is 1. The smallest absolute Gasteiger partial charge is 0.243 e. The maximum Gasteiger partial charge on any atom is 0.243 e. The summed E-state index contributed by atoms with van der Waals surface area (Å²) in [6.07, 6.45) is 1.72. The van der Waals surface area contributed by atoms with Crippen LogP contribution in [0.25, 0.3) is 0 Å². The van der Waals surface area contributed by atoms with E-state index in [2.05, 4.69) is 41.4 Å². The molecule has 0 saturated carbocycles. The van der Waals surface area contributed by atoms with Gasteiger partial charge in [-0.05, 0) is 62.7 Å². The second-order valence-corrected chi connectivity index (χ2v) is 11.1. The Labute approximate surface area is 208 Å². The number of rotatable bonds is 9. The third kappa shape index (κ3) is 7.04. The summed E-state index contributed by atoms with van der Waals surface area (Å²) in [6.45, 7) is 7.16. The molecule has 0 bridgehead atoms. The van der Waals surface area contributed by atoms with Crippen LogP contribution in [-0.4, -0.2) is 76.1 Å². The molecule has 2 aliphatic rings. The first-order valence-electron chi connectivity index (χ1n) is 12.3. The zero-order valence-electron chi connectivity index (χ0n) is 20.3. The van der Waals surface area contributed by atoms with Gasteiger partial charge in [0.25, 0.3) is 0 Å². The molecule has 0 atom stereocenters. The van der Waals surface area contributed by atoms with Crippen LogP contribution in [0.4, 0.5) is 0 Å². The molecule has 2 fully saturated rings. The van der Waals surface area contributed by atoms with E-state index in [9.17, 15) is 13.2 Å². The molecule has 2 heterocycles. The summed E-state index contributed by atoms with van der Waals surface area (Å²) >= 11 is 0. The topological polar surface area (TPSA) is 88.2 Å². The van der Waals surface area contributed by atoms with Crippen molar-refractivity contribution in [3.63, 3.8) is 0 Å². The van der Waals surface area contributed by atoms with E-state index in [1.54, 1.807) is 24.3 Å². The Bertz CT molecular complexity index is 1060. The van der Waals surface area contributed by atoms with Crippen LogP contribution < -0.4 is 10.1 Å². The number of likely N-dealkylation sites (tertiary alicyclic amines) is 1. The maximum absolute atomic E-state index is 12.7. The maximum atomic E-state index is 12.7. The third-order valence-electron chi connectivity index (χ3n) is 6.59. The Kier molecular flexibility index (Phi) is 8.78. The number of carbonyl (C=O) groups is 1. The molecule has 0 unspecified atom stereocenters. The number of nitrogens with one attached hydrogen (secondary N) is 1. The number of carbonyl (C=O) groups excluding carboxylic acids is 1. The summed E-state index contributed by atoms with van der Waals surface area (Å²) < 4.78 is 37.7. The van der Waals surface area contributed by atoms with Crippen molar-refractivity contribution in [3.05, 3.63) is 59.7 Å². The van der Waals surface area contributed by atoms with Gasteiger partial charge in [0.05, 0.1) is 24.7 Å². The Morgan fingerprint density at radius 3 is 2.31 bits per heavy atom. The minimum absolute atomic E-state index is 0.0361. The first kappa shape index (κ1) is 25.6. The average Bonchev–Trinajstić information content (AvgIpc) is 2.89. The van der Waals surface area contributed by atoms with E-state index >= 15 is 0 Å². The van der Waals surface area contributed by atoms with Crippen LogP contribution in [0, 0.1) is 12.8 Å². The lowest BCUT2D eigenvalue weighted by Crippen LogP contribution is -2.41. The largest absolute Gasteiger partial charge is 0.492 e. The van der Waals surface area contributed by atoms with Gasteiger partial charge in [0, 0.05) is 25.6 Å². The molecule has 35 heavy (non-hydrogen) atoms. The van der Waals surface area contributed by atoms with E-state index in [0.29, 0.717) is 45.2 Å². The van der Waals surface area contributed by atoms with Crippen molar-refractivity contribution < 1.29 is 22.7 Å². The monoisotopic (exact) mass is 501 g/mol. The predicted molar refractivity (Wildman–Crippen MR) is 134 cm³/mol. The Balaban J connectivity index is 1.15. The van der Waals surface area contributed by atoms with Crippen molar-refractivity contribution in [1.82, 2.24) is 14.5 Å². The number of nitrogens with zero attached hydrogens (tertiary/aromatic N) is 2. The summed E-state index contributed by atoms with van der Waals surface area (Å²) in [5, 5.41) is 2.98. The molecule has 4 rings (SSSR count). The number of morpholine rings is 1. The number of hydrogen-bond donors (Lipinski definition) is 1. The van der Waals surface area contributed by atoms with Crippen LogP contribution in [0.5, 0.6) is 5.75 Å². The van der Waals surface area contributed by atoms with Crippen LogP contribution in [0.15, 0.2) is 53.4 Å². The molecule has 2 aliphatic heterocycles. The summed E-state index contributed by atoms with van der Waals surface area (Å²) in [5.41, 5.74) is 2.57. The normalized spacial score (nSPS) is 18.3. The number of amides is 1. The van der Waals surface area contributed by atoms with Gasteiger partial charge in [0.15, 0.2) is 0 Å². The molecular formula is C26H35N3O5S. The summed E-state index contributed by atoms with van der Waals surface area (Å²) in [6, 6.07) is 15.0. The van der Waals surface area contributed by atoms with Gasteiger partial charge in [-0.3, -0.25) is 9.69 Å². The zero-order chi connectivity index (χ0) is 24.7. The highest BCUT2D eigenvalue weighted by molar-refractivity contribution is 7.89. The minimum atomic E-state index is -3.51. The molecule has 1 amide bonds. The summed E-state index contributed by atoms with van der Waals surface area (Å²) in [7, 11) is -3.51. The third-order valence-corrected chi connectivity index (χ3v) is 8.50. The fourth-order valence-corrected chi connectivity index (χ4v) is 5.84. The quantitative estimate of drug-likeness (QED) is 0.531. The highest BCUT2D eigenvalue weighted by Crippen LogP contribution is 2.21. The predicted octanol–water partition coefficient (Wildman–Crippen LogP) is 2.42. The van der Waals surface area contributed by atoms with Crippen molar-refractivity contribution in [2.24, 2.45) is 5.92 Å². The van der Waals surface area contributed by atoms with Crippen LogP contribution >= 0.6 is 0 Å². The fourth-order valence-electron chi connectivity index (χ4n) is 4.44. The number of sulfonamides is 1. The van der Waals surface area contributed by atoms with Gasteiger partial charge in [-0.2, -0.15) is 4.31 Å². The van der Waals surface area contributed by atoms with E-state index < -0.39 is 10.0 Å². The lowest BCUT2D eigenvalue weighted by molar-refractivity contribution is -0.126. The van der Waals surface area contributed by atoms with Gasteiger partial charge >= 0.3 is 0 Å². The second-order valence-electron chi connectivity index (χ2n) is 9.16. The van der Waals surface area contributed by atoms with Crippen molar-refractivity contribution in [3.8, 4) is 5.75 Å². The number of ether oxygens (including phenoxy) is 2. The number of benzene rings is 2. The Morgan fingerprint density at radius 1 is 1.00 bits per heavy atom. The van der Waals surface area contributed by atoms with Crippen molar-refractivity contribution in [2.75, 3.05) is 52.5 Å². The highest BCUT2D eigenvalue weighted by atomic mass is 32.2. The molecule has 0 aliphatic carbocycles. The molecule has 0 radical (unpaired) electrons. The highest BCUT2D eigenvalue weighted by Gasteiger charge is 2.26. The van der Waals surface area contributed by atoms with E-state index in [-0.39, 0.29) is 16.7 Å². The minimum Gasteiger partial charge on any atom is -0.492 e. The van der Waals surface area contributed by atoms with Gasteiger partial charge in [-0.25, -0.2) is 8.42 Å². The second kappa shape index (κ2) is 12.0. The molecule has 9 heteroatoms. The van der Waals surface area contributed by atoms with Crippen LogP contribution in [0.3, 0.4) is 0 Å². The van der Waals surface area contributed by atoms with E-state index in [1.165, 1.54) is 15.4 Å². The lowest BCUT2D eigenvalue weighted by Gasteiger charge is -2.31. The zero-order valence-corrected chi connectivity index (χ0v) is 21.1. The molecule has 2 saturated heterocycles. The molecular weight excluding hydrogens is 466 g/mol. The SMILES string of the molecule is Cc1ccc(CN2CCC(C(=O)NCCOc3ccc(S(=O)(=O)N4CCOCC4)cc3)CC2)cc1. The van der Waals surface area contributed by atoms with Crippen molar-refractivity contribution >= 4 is 15.9 Å². The van der Waals surface area contributed by atoms with Gasteiger partial charge in [-0.15, -0.1) is 0 Å². The van der Waals surface area contributed by atoms with Crippen molar-refractivity contribution in [1.29, 1.82) is 0 Å². The molecule has 190 valence electrons. The summed E-state index contributed by atoms with van der Waals surface area (Å²) in [4.78, 5) is 15.2. The van der Waals surface area contributed by atoms with Gasteiger partial charge in [0.1, 0.15) is 12.4 Å². The van der Waals surface area contributed by atoms with Gasteiger partial charge in [-0.1, -0.05) is 29.8 Å². The lowest BCUT2D eigenvalue weighted by atomic mass is 9.95. The summed E-state index contributed by atoms with van der Waals surface area (Å²) in [5.74, 6) is 0.689.